The van der Waals surface area contributed by atoms with Crippen molar-refractivity contribution in [2.75, 3.05) is 30.8 Å². The quantitative estimate of drug-likeness (QED) is 0.377. The van der Waals surface area contributed by atoms with Crippen LogP contribution in [0.3, 0.4) is 0 Å². The summed E-state index contributed by atoms with van der Waals surface area (Å²) in [7, 11) is -1.95. The average Bonchev–Trinajstić information content (AvgIpc) is 2.91. The van der Waals surface area contributed by atoms with Crippen molar-refractivity contribution in [3.8, 4) is 5.75 Å². The highest BCUT2D eigenvalue weighted by molar-refractivity contribution is 7.92. The highest BCUT2D eigenvalue weighted by Crippen LogP contribution is 2.34. The second-order valence-electron chi connectivity index (χ2n) is 9.09. The molecule has 0 fully saturated rings. The number of hydrogen-bond acceptors (Lipinski definition) is 8. The number of carbonyl (C=O) groups is 1. The number of methoxy groups -OCH3 is 1. The summed E-state index contributed by atoms with van der Waals surface area (Å²) in [6, 6.07) is 12.4. The van der Waals surface area contributed by atoms with Crippen molar-refractivity contribution in [2.45, 2.75) is 37.3 Å². The molecule has 1 aromatic heterocycles. The van der Waals surface area contributed by atoms with E-state index in [-0.39, 0.29) is 27.6 Å². The van der Waals surface area contributed by atoms with Crippen molar-refractivity contribution < 1.29 is 17.9 Å². The number of benzene rings is 2. The van der Waals surface area contributed by atoms with Crippen molar-refractivity contribution in [1.29, 1.82) is 0 Å². The Morgan fingerprint density at radius 3 is 2.55 bits per heavy atom. The molecule has 4 rings (SSSR count). The molecular formula is C27H30ClN5O4S. The zero-order chi connectivity index (χ0) is 27.4. The fraction of sp³-hybridized carbons (Fsp3) is 0.296. The van der Waals surface area contributed by atoms with E-state index in [2.05, 4.69) is 26.7 Å². The molecule has 0 atom stereocenters. The van der Waals surface area contributed by atoms with Crippen LogP contribution >= 0.6 is 11.6 Å². The zero-order valence-corrected chi connectivity index (χ0v) is 23.2. The van der Waals surface area contributed by atoms with E-state index in [9.17, 15) is 13.2 Å². The van der Waals surface area contributed by atoms with Crippen LogP contribution in [0.25, 0.3) is 5.57 Å². The summed E-state index contributed by atoms with van der Waals surface area (Å²) in [4.78, 5) is 22.3. The minimum absolute atomic E-state index is 0.0688. The standard InChI is InChI=1S/C27H30ClN5O4S/c1-17(2)38(35,36)25-8-6-5-7-23(25)30-26-21(28)16-29-27(32-26)31-22-10-9-20(15-24(22)37-4)19-11-13-33(14-12-19)18(3)34/h5-11,15-17H,12-14H2,1-4H3,(H2,29,30,31,32). The summed E-state index contributed by atoms with van der Waals surface area (Å²) in [5, 5.41) is 5.85. The summed E-state index contributed by atoms with van der Waals surface area (Å²) in [5.74, 6) is 1.17. The maximum atomic E-state index is 12.8. The van der Waals surface area contributed by atoms with Crippen LogP contribution in [0.2, 0.25) is 5.02 Å². The van der Waals surface area contributed by atoms with Crippen LogP contribution in [0.15, 0.2) is 59.6 Å². The average molecular weight is 556 g/mol. The van der Waals surface area contributed by atoms with Crippen LogP contribution in [-0.4, -0.2) is 54.6 Å². The van der Waals surface area contributed by atoms with Crippen LogP contribution < -0.4 is 15.4 Å². The number of rotatable bonds is 8. The van der Waals surface area contributed by atoms with Gasteiger partial charge in [-0.1, -0.05) is 35.9 Å². The van der Waals surface area contributed by atoms with E-state index in [1.54, 1.807) is 57.0 Å². The van der Waals surface area contributed by atoms with Crippen molar-refractivity contribution in [1.82, 2.24) is 14.9 Å². The SMILES string of the molecule is COc1cc(C2=CCN(C(C)=O)CC2)ccc1Nc1ncc(Cl)c(Nc2ccccc2S(=O)(=O)C(C)C)n1. The third-order valence-corrected chi connectivity index (χ3v) is 8.77. The van der Waals surface area contributed by atoms with Gasteiger partial charge in [-0.3, -0.25) is 4.79 Å². The molecule has 0 aliphatic carbocycles. The molecule has 0 saturated carbocycles. The van der Waals surface area contributed by atoms with Crippen LogP contribution in [0.4, 0.5) is 23.1 Å². The van der Waals surface area contributed by atoms with E-state index in [1.165, 1.54) is 6.20 Å². The third-order valence-electron chi connectivity index (χ3n) is 6.28. The lowest BCUT2D eigenvalue weighted by Gasteiger charge is -2.25. The molecule has 200 valence electrons. The molecule has 2 N–H and O–H groups in total. The normalized spacial score (nSPS) is 13.7. The van der Waals surface area contributed by atoms with Gasteiger partial charge in [-0.2, -0.15) is 4.98 Å². The Morgan fingerprint density at radius 2 is 1.89 bits per heavy atom. The number of nitrogens with zero attached hydrogens (tertiary/aromatic N) is 3. The molecule has 0 unspecified atom stereocenters. The van der Waals surface area contributed by atoms with Gasteiger partial charge in [0.1, 0.15) is 10.8 Å². The lowest BCUT2D eigenvalue weighted by molar-refractivity contribution is -0.128. The maximum absolute atomic E-state index is 12.8. The van der Waals surface area contributed by atoms with Crippen LogP contribution in [0, 0.1) is 0 Å². The van der Waals surface area contributed by atoms with Crippen molar-refractivity contribution in [2.24, 2.45) is 0 Å². The summed E-state index contributed by atoms with van der Waals surface area (Å²) in [6.45, 7) is 6.11. The summed E-state index contributed by atoms with van der Waals surface area (Å²) in [5.41, 5.74) is 3.18. The van der Waals surface area contributed by atoms with Crippen LogP contribution in [-0.2, 0) is 14.6 Å². The summed E-state index contributed by atoms with van der Waals surface area (Å²) in [6.07, 6.45) is 4.26. The summed E-state index contributed by atoms with van der Waals surface area (Å²) >= 11 is 6.35. The number of ether oxygens (including phenoxy) is 1. The Kier molecular flexibility index (Phi) is 8.23. The summed E-state index contributed by atoms with van der Waals surface area (Å²) < 4.78 is 31.3. The number of aromatic nitrogens is 2. The topological polar surface area (TPSA) is 114 Å². The number of halogens is 1. The molecule has 1 aliphatic heterocycles. The number of sulfone groups is 1. The molecule has 2 aromatic carbocycles. The number of para-hydroxylation sites is 1. The van der Waals surface area contributed by atoms with E-state index in [0.717, 1.165) is 17.6 Å². The molecule has 0 saturated heterocycles. The Hall–Kier alpha value is -3.63. The molecule has 0 spiro atoms. The fourth-order valence-electron chi connectivity index (χ4n) is 4.05. The molecule has 2 heterocycles. The van der Waals surface area contributed by atoms with Crippen molar-refractivity contribution in [3.63, 3.8) is 0 Å². The highest BCUT2D eigenvalue weighted by atomic mass is 35.5. The van der Waals surface area contributed by atoms with Gasteiger partial charge in [0.25, 0.3) is 0 Å². The first-order valence-electron chi connectivity index (χ1n) is 12.1. The molecule has 38 heavy (non-hydrogen) atoms. The van der Waals surface area contributed by atoms with Gasteiger partial charge >= 0.3 is 0 Å². The maximum Gasteiger partial charge on any atom is 0.229 e. The molecule has 0 bridgehead atoms. The van der Waals surface area contributed by atoms with E-state index in [1.807, 2.05) is 18.2 Å². The monoisotopic (exact) mass is 555 g/mol. The van der Waals surface area contributed by atoms with Gasteiger partial charge in [0, 0.05) is 20.0 Å². The van der Waals surface area contributed by atoms with Crippen LogP contribution in [0.1, 0.15) is 32.8 Å². The number of hydrogen-bond donors (Lipinski definition) is 2. The molecule has 1 amide bonds. The van der Waals surface area contributed by atoms with E-state index in [4.69, 9.17) is 16.3 Å². The number of nitrogens with one attached hydrogen (secondary N) is 2. The second-order valence-corrected chi connectivity index (χ2v) is 12.0. The Morgan fingerprint density at radius 1 is 1.13 bits per heavy atom. The Labute approximate surface area is 227 Å². The number of carbonyl (C=O) groups excluding carboxylic acids is 1. The van der Waals surface area contributed by atoms with E-state index < -0.39 is 15.1 Å². The lowest BCUT2D eigenvalue weighted by Crippen LogP contribution is -2.32. The minimum atomic E-state index is -3.53. The first-order chi connectivity index (χ1) is 18.1. The van der Waals surface area contributed by atoms with Crippen molar-refractivity contribution in [3.05, 3.63) is 65.3 Å². The Balaban J connectivity index is 1.58. The first-order valence-corrected chi connectivity index (χ1v) is 14.0. The van der Waals surface area contributed by atoms with Crippen molar-refractivity contribution >= 4 is 56.1 Å². The Bertz CT molecular complexity index is 1490. The van der Waals surface area contributed by atoms with E-state index in [0.29, 0.717) is 30.2 Å². The van der Waals surface area contributed by atoms with Crippen LogP contribution in [0.5, 0.6) is 5.75 Å². The minimum Gasteiger partial charge on any atom is -0.495 e. The van der Waals surface area contributed by atoms with Gasteiger partial charge in [-0.05, 0) is 55.7 Å². The molecule has 11 heteroatoms. The van der Waals surface area contributed by atoms with Gasteiger partial charge in [0.05, 0.1) is 34.8 Å². The number of amides is 1. The predicted octanol–water partition coefficient (Wildman–Crippen LogP) is 5.44. The van der Waals surface area contributed by atoms with Gasteiger partial charge in [0.2, 0.25) is 11.9 Å². The zero-order valence-electron chi connectivity index (χ0n) is 21.7. The van der Waals surface area contributed by atoms with Gasteiger partial charge in [-0.15, -0.1) is 0 Å². The molecular weight excluding hydrogens is 526 g/mol. The van der Waals surface area contributed by atoms with Gasteiger partial charge < -0.3 is 20.3 Å². The largest absolute Gasteiger partial charge is 0.495 e. The van der Waals surface area contributed by atoms with Gasteiger partial charge in [-0.25, -0.2) is 13.4 Å². The fourth-order valence-corrected chi connectivity index (χ4v) is 5.39. The molecule has 9 nitrogen and oxygen atoms in total. The smallest absolute Gasteiger partial charge is 0.229 e. The molecule has 3 aromatic rings. The van der Waals surface area contributed by atoms with Gasteiger partial charge in [0.15, 0.2) is 15.7 Å². The molecule has 0 radical (unpaired) electrons. The second kappa shape index (κ2) is 11.4. The third kappa shape index (κ3) is 5.92. The molecule has 1 aliphatic rings. The lowest BCUT2D eigenvalue weighted by atomic mass is 9.99. The van der Waals surface area contributed by atoms with E-state index >= 15 is 0 Å². The first kappa shape index (κ1) is 27.4. The highest BCUT2D eigenvalue weighted by Gasteiger charge is 2.23. The number of anilines is 4. The predicted molar refractivity (Wildman–Crippen MR) is 150 cm³/mol.